The normalized spacial score (nSPS) is 11.5. The topological polar surface area (TPSA) is 87.8 Å². The third kappa shape index (κ3) is 4.19. The third-order valence-corrected chi connectivity index (χ3v) is 3.37. The Bertz CT molecular complexity index is 449. The number of amides is 1. The quantitative estimate of drug-likeness (QED) is 0.382. The van der Waals surface area contributed by atoms with Gasteiger partial charge in [-0.1, -0.05) is 12.1 Å². The predicted octanol–water partition coefficient (Wildman–Crippen LogP) is 0.372. The van der Waals surface area contributed by atoms with Gasteiger partial charge in [0, 0.05) is 12.1 Å². The molecule has 0 aliphatic carbocycles. The van der Waals surface area contributed by atoms with Gasteiger partial charge in [0.2, 0.25) is 0 Å². The van der Waals surface area contributed by atoms with Crippen LogP contribution in [0.1, 0.15) is 24.2 Å². The summed E-state index contributed by atoms with van der Waals surface area (Å²) in [6, 6.07) is 6.92. The molecule has 0 aliphatic rings. The third-order valence-electron chi connectivity index (χ3n) is 3.37. The molecule has 1 rings (SSSR count). The molecule has 0 fully saturated rings. The molecule has 0 bridgehead atoms. The number of nitrogens with one attached hydrogen (secondary N) is 1. The fourth-order valence-electron chi connectivity index (χ4n) is 1.57. The van der Waals surface area contributed by atoms with E-state index in [4.69, 9.17) is 10.6 Å². The van der Waals surface area contributed by atoms with E-state index < -0.39 is 0 Å². The molecule has 1 aromatic carbocycles. The SMILES string of the molecule is CN(CCOc1ccccc1C(=O)NN)C(C)(C)CO. The molecule has 6 nitrogen and oxygen atoms in total. The highest BCUT2D eigenvalue weighted by atomic mass is 16.5. The number of nitrogens with zero attached hydrogens (tertiary/aromatic N) is 1. The van der Waals surface area contributed by atoms with E-state index in [1.54, 1.807) is 24.3 Å². The minimum Gasteiger partial charge on any atom is -0.491 e. The lowest BCUT2D eigenvalue weighted by Gasteiger charge is -2.33. The number of carbonyl (C=O) groups excluding carboxylic acids is 1. The van der Waals surface area contributed by atoms with Crippen LogP contribution in [0.2, 0.25) is 0 Å². The number of hydrogen-bond acceptors (Lipinski definition) is 5. The van der Waals surface area contributed by atoms with Crippen molar-refractivity contribution in [2.75, 3.05) is 26.8 Å². The van der Waals surface area contributed by atoms with Crippen molar-refractivity contribution >= 4 is 5.91 Å². The highest BCUT2D eigenvalue weighted by molar-refractivity contribution is 5.96. The molecule has 112 valence electrons. The smallest absolute Gasteiger partial charge is 0.268 e. The van der Waals surface area contributed by atoms with Gasteiger partial charge in [0.25, 0.3) is 5.91 Å². The monoisotopic (exact) mass is 281 g/mol. The molecule has 0 unspecified atom stereocenters. The molecule has 0 heterocycles. The van der Waals surface area contributed by atoms with Crippen molar-refractivity contribution < 1.29 is 14.6 Å². The number of ether oxygens (including phenoxy) is 1. The van der Waals surface area contributed by atoms with Crippen molar-refractivity contribution in [3.8, 4) is 5.75 Å². The molecule has 20 heavy (non-hydrogen) atoms. The van der Waals surface area contributed by atoms with Crippen LogP contribution >= 0.6 is 0 Å². The average molecular weight is 281 g/mol. The lowest BCUT2D eigenvalue weighted by atomic mass is 10.1. The summed E-state index contributed by atoms with van der Waals surface area (Å²) in [6.45, 7) is 5.00. The molecule has 0 aromatic heterocycles. The first-order chi connectivity index (χ1) is 9.42. The van der Waals surface area contributed by atoms with Gasteiger partial charge in [-0.15, -0.1) is 0 Å². The van der Waals surface area contributed by atoms with Crippen LogP contribution in [0, 0.1) is 0 Å². The molecule has 0 saturated heterocycles. The zero-order chi connectivity index (χ0) is 15.2. The molecule has 0 spiro atoms. The Morgan fingerprint density at radius 3 is 2.70 bits per heavy atom. The molecule has 1 aromatic rings. The highest BCUT2D eigenvalue weighted by Crippen LogP contribution is 2.18. The van der Waals surface area contributed by atoms with Gasteiger partial charge in [-0.2, -0.15) is 0 Å². The lowest BCUT2D eigenvalue weighted by Crippen LogP contribution is -2.46. The van der Waals surface area contributed by atoms with Crippen LogP contribution in [0.4, 0.5) is 0 Å². The van der Waals surface area contributed by atoms with Crippen LogP contribution in [-0.2, 0) is 0 Å². The van der Waals surface area contributed by atoms with Crippen LogP contribution in [0.3, 0.4) is 0 Å². The second kappa shape index (κ2) is 7.23. The minimum atomic E-state index is -0.385. The number of hydrazine groups is 1. The van der Waals surface area contributed by atoms with Gasteiger partial charge in [0.15, 0.2) is 0 Å². The van der Waals surface area contributed by atoms with Gasteiger partial charge in [0.1, 0.15) is 12.4 Å². The molecule has 0 saturated carbocycles. The number of nitrogens with two attached hydrogens (primary N) is 1. The van der Waals surface area contributed by atoms with Gasteiger partial charge >= 0.3 is 0 Å². The maximum Gasteiger partial charge on any atom is 0.268 e. The predicted molar refractivity (Wildman–Crippen MR) is 77.4 cm³/mol. The molecule has 0 aliphatic heterocycles. The second-order valence-corrected chi connectivity index (χ2v) is 5.21. The number of aliphatic hydroxyl groups excluding tert-OH is 1. The first-order valence-corrected chi connectivity index (χ1v) is 6.47. The van der Waals surface area contributed by atoms with Crippen LogP contribution in [-0.4, -0.2) is 48.3 Å². The first-order valence-electron chi connectivity index (χ1n) is 6.47. The summed E-state index contributed by atoms with van der Waals surface area (Å²) in [4.78, 5) is 13.6. The maximum absolute atomic E-state index is 11.6. The van der Waals surface area contributed by atoms with Gasteiger partial charge in [0.05, 0.1) is 12.2 Å². The van der Waals surface area contributed by atoms with E-state index in [1.807, 2.05) is 25.8 Å². The summed E-state index contributed by atoms with van der Waals surface area (Å²) in [5.41, 5.74) is 2.19. The maximum atomic E-state index is 11.6. The zero-order valence-electron chi connectivity index (χ0n) is 12.2. The van der Waals surface area contributed by atoms with E-state index in [-0.39, 0.29) is 18.1 Å². The van der Waals surface area contributed by atoms with Crippen LogP contribution in [0.25, 0.3) is 0 Å². The van der Waals surface area contributed by atoms with Crippen molar-refractivity contribution in [3.63, 3.8) is 0 Å². The molecule has 0 radical (unpaired) electrons. The number of nitrogen functional groups attached to an aromatic ring is 1. The number of likely N-dealkylation sites (N-methyl/N-ethyl adjacent to an activating group) is 1. The number of benzene rings is 1. The Morgan fingerprint density at radius 1 is 1.45 bits per heavy atom. The standard InChI is InChI=1S/C14H23N3O3/c1-14(2,10-18)17(3)8-9-20-12-7-5-4-6-11(12)13(19)16-15/h4-7,18H,8-10,15H2,1-3H3,(H,16,19). The Balaban J connectivity index is 2.61. The van der Waals surface area contributed by atoms with Crippen LogP contribution in [0.15, 0.2) is 24.3 Å². The largest absolute Gasteiger partial charge is 0.491 e. The minimum absolute atomic E-state index is 0.0651. The fraction of sp³-hybridized carbons (Fsp3) is 0.500. The lowest BCUT2D eigenvalue weighted by molar-refractivity contribution is 0.0676. The van der Waals surface area contributed by atoms with E-state index in [0.717, 1.165) is 0 Å². The Kier molecular flexibility index (Phi) is 5.94. The number of aliphatic hydroxyl groups is 1. The van der Waals surface area contributed by atoms with Crippen molar-refractivity contribution in [3.05, 3.63) is 29.8 Å². The van der Waals surface area contributed by atoms with Gasteiger partial charge in [-0.25, -0.2) is 5.84 Å². The van der Waals surface area contributed by atoms with E-state index in [1.165, 1.54) is 0 Å². The van der Waals surface area contributed by atoms with Crippen molar-refractivity contribution in [2.45, 2.75) is 19.4 Å². The number of carbonyl (C=O) groups is 1. The van der Waals surface area contributed by atoms with Crippen LogP contribution in [0.5, 0.6) is 5.75 Å². The fourth-order valence-corrected chi connectivity index (χ4v) is 1.57. The summed E-state index contributed by atoms with van der Waals surface area (Å²) in [6.07, 6.45) is 0. The van der Waals surface area contributed by atoms with Gasteiger partial charge < -0.3 is 9.84 Å². The van der Waals surface area contributed by atoms with Gasteiger partial charge in [-0.3, -0.25) is 15.1 Å². The number of para-hydroxylation sites is 1. The van der Waals surface area contributed by atoms with Crippen molar-refractivity contribution in [2.24, 2.45) is 5.84 Å². The van der Waals surface area contributed by atoms with E-state index in [0.29, 0.717) is 24.5 Å². The molecule has 4 N–H and O–H groups in total. The summed E-state index contributed by atoms with van der Waals surface area (Å²) in [5.74, 6) is 5.24. The molecular formula is C14H23N3O3. The average Bonchev–Trinajstić information content (AvgIpc) is 2.46. The highest BCUT2D eigenvalue weighted by Gasteiger charge is 2.22. The molecular weight excluding hydrogens is 258 g/mol. The van der Waals surface area contributed by atoms with Crippen LogP contribution < -0.4 is 16.0 Å². The Morgan fingerprint density at radius 2 is 2.10 bits per heavy atom. The number of hydrogen-bond donors (Lipinski definition) is 3. The van der Waals surface area contributed by atoms with Crippen molar-refractivity contribution in [1.82, 2.24) is 10.3 Å². The summed E-state index contributed by atoms with van der Waals surface area (Å²) in [5, 5.41) is 9.28. The van der Waals surface area contributed by atoms with E-state index in [2.05, 4.69) is 5.43 Å². The Hall–Kier alpha value is -1.63. The zero-order valence-corrected chi connectivity index (χ0v) is 12.2. The molecule has 1 amide bonds. The number of rotatable bonds is 7. The van der Waals surface area contributed by atoms with Gasteiger partial charge in [-0.05, 0) is 33.0 Å². The molecule has 0 atom stereocenters. The second-order valence-electron chi connectivity index (χ2n) is 5.21. The molecule has 6 heteroatoms. The first kappa shape index (κ1) is 16.4. The van der Waals surface area contributed by atoms with Crippen molar-refractivity contribution in [1.29, 1.82) is 0 Å². The summed E-state index contributed by atoms with van der Waals surface area (Å²) < 4.78 is 5.63. The van der Waals surface area contributed by atoms with E-state index >= 15 is 0 Å². The Labute approximate surface area is 119 Å². The summed E-state index contributed by atoms with van der Waals surface area (Å²) in [7, 11) is 1.91. The summed E-state index contributed by atoms with van der Waals surface area (Å²) >= 11 is 0. The van der Waals surface area contributed by atoms with E-state index in [9.17, 15) is 9.90 Å².